The number of aryl methyl sites for hydroxylation is 3. The average molecular weight is 829 g/mol. The van der Waals surface area contributed by atoms with Gasteiger partial charge in [-0.1, -0.05) is 73.2 Å². The minimum atomic E-state index is -0.240. The summed E-state index contributed by atoms with van der Waals surface area (Å²) in [6.45, 7) is 23.6. The van der Waals surface area contributed by atoms with Crippen LogP contribution in [-0.4, -0.2) is 0 Å². The molecule has 1 aromatic heterocycles. The molecule has 2 aliphatic heterocycles. The van der Waals surface area contributed by atoms with Crippen molar-refractivity contribution in [2.75, 3.05) is 9.80 Å². The SMILES string of the molecule is C=C1/C=C(C)\C=C/N(c2csc(-c3cc(F)ccc3CCCCCc3ccc(F)cc3/C(C)=C/C(=C\C)N3/C=C\C(C)=C/C(=C)c4cc(C)ccc43)c2C)C2=C1C=C(C)CC2. The first-order valence-electron chi connectivity index (χ1n) is 21.5. The van der Waals surface area contributed by atoms with E-state index in [1.165, 1.54) is 22.4 Å². The Morgan fingerprint density at radius 1 is 0.738 bits per heavy atom. The molecule has 2 nitrogen and oxygen atoms in total. The molecule has 3 heterocycles. The highest BCUT2D eigenvalue weighted by molar-refractivity contribution is 7.14. The number of benzene rings is 3. The van der Waals surface area contributed by atoms with E-state index in [0.717, 1.165) is 128 Å². The van der Waals surface area contributed by atoms with E-state index in [4.69, 9.17) is 0 Å². The lowest BCUT2D eigenvalue weighted by atomic mass is 9.90. The lowest BCUT2D eigenvalue weighted by Crippen LogP contribution is -2.20. The lowest BCUT2D eigenvalue weighted by Gasteiger charge is -2.30. The minimum absolute atomic E-state index is 0.221. The third-order valence-corrected chi connectivity index (χ3v) is 13.1. The van der Waals surface area contributed by atoms with Gasteiger partial charge in [0.1, 0.15) is 11.6 Å². The monoisotopic (exact) mass is 828 g/mol. The van der Waals surface area contributed by atoms with Crippen LogP contribution >= 0.6 is 11.3 Å². The fourth-order valence-electron chi connectivity index (χ4n) is 8.73. The lowest BCUT2D eigenvalue weighted by molar-refractivity contribution is 0.624. The highest BCUT2D eigenvalue weighted by atomic mass is 32.1. The van der Waals surface area contributed by atoms with Crippen molar-refractivity contribution >= 4 is 33.9 Å². The summed E-state index contributed by atoms with van der Waals surface area (Å²) in [7, 11) is 0. The summed E-state index contributed by atoms with van der Waals surface area (Å²) < 4.78 is 29.9. The normalized spacial score (nSPS) is 18.9. The van der Waals surface area contributed by atoms with Crippen LogP contribution < -0.4 is 9.80 Å². The van der Waals surface area contributed by atoms with Crippen molar-refractivity contribution in [1.29, 1.82) is 0 Å². The van der Waals surface area contributed by atoms with Crippen LogP contribution in [0, 0.1) is 25.5 Å². The maximum atomic E-state index is 15.0. The maximum absolute atomic E-state index is 15.0. The number of thiophene rings is 1. The summed E-state index contributed by atoms with van der Waals surface area (Å²) in [5.41, 5.74) is 19.9. The van der Waals surface area contributed by atoms with Crippen molar-refractivity contribution in [3.05, 3.63) is 212 Å². The molecule has 3 aromatic carbocycles. The first-order chi connectivity index (χ1) is 29.3. The maximum Gasteiger partial charge on any atom is 0.123 e. The summed E-state index contributed by atoms with van der Waals surface area (Å²) >= 11 is 1.69. The Bertz CT molecular complexity index is 2650. The van der Waals surface area contributed by atoms with Crippen molar-refractivity contribution < 1.29 is 8.78 Å². The van der Waals surface area contributed by atoms with Gasteiger partial charge in [-0.2, -0.15) is 0 Å². The highest BCUT2D eigenvalue weighted by Crippen LogP contribution is 2.44. The Labute approximate surface area is 367 Å². The van der Waals surface area contributed by atoms with Gasteiger partial charge in [0.25, 0.3) is 0 Å². The Kier molecular flexibility index (Phi) is 13.4. The molecule has 1 aliphatic carbocycles. The second-order valence-electron chi connectivity index (χ2n) is 16.8. The third-order valence-electron chi connectivity index (χ3n) is 12.0. The Balaban J connectivity index is 1.07. The van der Waals surface area contributed by atoms with E-state index in [-0.39, 0.29) is 11.6 Å². The van der Waals surface area contributed by atoms with Gasteiger partial charge in [0.2, 0.25) is 0 Å². The Morgan fingerprint density at radius 3 is 2.18 bits per heavy atom. The Hall–Kier alpha value is -5.78. The molecular weight excluding hydrogens is 771 g/mol. The molecule has 3 aliphatic rings. The number of fused-ring (bicyclic) bond motifs is 1. The summed E-state index contributed by atoms with van der Waals surface area (Å²) in [4.78, 5) is 5.64. The molecule has 4 aromatic rings. The van der Waals surface area contributed by atoms with Crippen LogP contribution in [0.25, 0.3) is 21.6 Å². The molecule has 7 rings (SSSR count). The van der Waals surface area contributed by atoms with Crippen molar-refractivity contribution in [2.45, 2.75) is 93.4 Å². The van der Waals surface area contributed by atoms with Gasteiger partial charge in [0, 0.05) is 45.2 Å². The van der Waals surface area contributed by atoms with Gasteiger partial charge in [-0.15, -0.1) is 11.3 Å². The molecular formula is C56H58F2N2S. The molecule has 0 fully saturated rings. The van der Waals surface area contributed by atoms with E-state index < -0.39 is 0 Å². The topological polar surface area (TPSA) is 6.48 Å². The fraction of sp³-hybridized carbons (Fsp3) is 0.250. The number of halogens is 2. The second-order valence-corrected chi connectivity index (χ2v) is 17.7. The van der Waals surface area contributed by atoms with Crippen molar-refractivity contribution in [3.8, 4) is 10.4 Å². The van der Waals surface area contributed by atoms with E-state index in [1.807, 2.05) is 19.1 Å². The van der Waals surface area contributed by atoms with E-state index in [9.17, 15) is 8.78 Å². The quantitative estimate of drug-likeness (QED) is 0.110. The number of hydrogen-bond donors (Lipinski definition) is 0. The number of hydrogen-bond acceptors (Lipinski definition) is 3. The van der Waals surface area contributed by atoms with Gasteiger partial charge >= 0.3 is 0 Å². The number of allylic oxidation sites excluding steroid dienone is 15. The molecule has 0 N–H and O–H groups in total. The highest BCUT2D eigenvalue weighted by Gasteiger charge is 2.24. The van der Waals surface area contributed by atoms with E-state index in [2.05, 4.69) is 143 Å². The van der Waals surface area contributed by atoms with Gasteiger partial charge < -0.3 is 9.80 Å². The van der Waals surface area contributed by atoms with Crippen molar-refractivity contribution in [3.63, 3.8) is 0 Å². The van der Waals surface area contributed by atoms with Gasteiger partial charge in [0.05, 0.1) is 11.4 Å². The summed E-state index contributed by atoms with van der Waals surface area (Å²) in [5, 5.41) is 2.22. The molecule has 0 saturated heterocycles. The first-order valence-corrected chi connectivity index (χ1v) is 22.4. The molecule has 61 heavy (non-hydrogen) atoms. The van der Waals surface area contributed by atoms with E-state index in [0.29, 0.717) is 0 Å². The summed E-state index contributed by atoms with van der Waals surface area (Å²) in [5.74, 6) is -0.460. The van der Waals surface area contributed by atoms with E-state index in [1.54, 1.807) is 35.6 Å². The van der Waals surface area contributed by atoms with Crippen LogP contribution in [0.2, 0.25) is 0 Å². The Morgan fingerprint density at radius 2 is 1.43 bits per heavy atom. The molecule has 0 spiro atoms. The number of nitrogens with zero attached hydrogens (tertiary/aromatic N) is 2. The number of unbranched alkanes of at least 4 members (excludes halogenated alkanes) is 2. The average Bonchev–Trinajstić information content (AvgIpc) is 3.60. The van der Waals surface area contributed by atoms with Gasteiger partial charge in [-0.3, -0.25) is 0 Å². The molecule has 0 radical (unpaired) electrons. The second kappa shape index (κ2) is 18.9. The van der Waals surface area contributed by atoms with Crippen LogP contribution in [0.15, 0.2) is 167 Å². The molecule has 5 heteroatoms. The van der Waals surface area contributed by atoms with E-state index >= 15 is 0 Å². The molecule has 0 amide bonds. The fourth-order valence-corrected chi connectivity index (χ4v) is 9.84. The zero-order chi connectivity index (χ0) is 43.4. The van der Waals surface area contributed by atoms with Crippen LogP contribution in [0.5, 0.6) is 0 Å². The first kappa shape index (κ1) is 43.3. The number of rotatable bonds is 11. The molecule has 0 unspecified atom stereocenters. The van der Waals surface area contributed by atoms with Crippen molar-refractivity contribution in [1.82, 2.24) is 0 Å². The number of anilines is 2. The van der Waals surface area contributed by atoms with Crippen LogP contribution in [-0.2, 0) is 12.8 Å². The van der Waals surface area contributed by atoms with Crippen LogP contribution in [0.4, 0.5) is 20.2 Å². The zero-order valence-corrected chi connectivity index (χ0v) is 37.7. The predicted molar refractivity (Wildman–Crippen MR) is 260 cm³/mol. The molecule has 312 valence electrons. The zero-order valence-electron chi connectivity index (χ0n) is 36.9. The molecule has 0 saturated carbocycles. The smallest absolute Gasteiger partial charge is 0.123 e. The summed E-state index contributed by atoms with van der Waals surface area (Å²) in [6, 6.07) is 16.9. The minimum Gasteiger partial charge on any atom is -0.319 e. The predicted octanol–water partition coefficient (Wildman–Crippen LogP) is 16.4. The largest absolute Gasteiger partial charge is 0.319 e. The standard InChI is InChI=1S/C56H58F2N2S/c1-10-48(59-26-24-38(4)28-40(6)50-30-36(2)16-22-53(50)59)32-42(8)49-33-46(57)20-18-44(49)14-12-11-13-15-45-19-21-47(58)34-52(45)56-43(9)55(35-61-56)60-27-25-39(5)29-41(7)51-31-37(3)17-23-54(51)60/h10,16,18-22,24-35H,6-7,11-15,17,23H2,1-5,8-9H3/b26-24-,27-25-,38-28-,39-29-,42-32+,48-10+. The van der Waals surface area contributed by atoms with Gasteiger partial charge in [0.15, 0.2) is 0 Å². The van der Waals surface area contributed by atoms with Gasteiger partial charge in [-0.05, 0) is 197 Å². The van der Waals surface area contributed by atoms with Crippen LogP contribution in [0.3, 0.4) is 0 Å². The summed E-state index contributed by atoms with van der Waals surface area (Å²) in [6.07, 6.45) is 25.9. The third kappa shape index (κ3) is 9.74. The van der Waals surface area contributed by atoms with Crippen molar-refractivity contribution in [2.24, 2.45) is 0 Å². The van der Waals surface area contributed by atoms with Crippen LogP contribution in [0.1, 0.15) is 100 Å². The van der Waals surface area contributed by atoms with Gasteiger partial charge in [-0.25, -0.2) is 8.78 Å². The molecule has 0 atom stereocenters. The molecule has 0 bridgehead atoms.